The van der Waals surface area contributed by atoms with Gasteiger partial charge in [0.2, 0.25) is 0 Å². The van der Waals surface area contributed by atoms with Crippen LogP contribution in [0.5, 0.6) is 0 Å². The lowest BCUT2D eigenvalue weighted by molar-refractivity contribution is 0.624. The fourth-order valence-corrected chi connectivity index (χ4v) is 2.88. The lowest BCUT2D eigenvalue weighted by Crippen LogP contribution is -2.18. The molecule has 106 valence electrons. The lowest BCUT2D eigenvalue weighted by Gasteiger charge is -2.20. The van der Waals surface area contributed by atoms with Crippen molar-refractivity contribution in [3.05, 3.63) is 76.8 Å². The van der Waals surface area contributed by atoms with Gasteiger partial charge < -0.3 is 5.32 Å². The third kappa shape index (κ3) is 2.62. The quantitative estimate of drug-likeness (QED) is 0.778. The van der Waals surface area contributed by atoms with Gasteiger partial charge in [-0.25, -0.2) is 4.39 Å². The molecule has 2 nitrogen and oxygen atoms in total. The number of benzene rings is 2. The monoisotopic (exact) mass is 300 g/mol. The van der Waals surface area contributed by atoms with Gasteiger partial charge in [-0.05, 0) is 41.8 Å². The summed E-state index contributed by atoms with van der Waals surface area (Å²) in [4.78, 5) is 4.20. The molecule has 0 radical (unpaired) electrons. The molecule has 0 saturated carbocycles. The van der Waals surface area contributed by atoms with Gasteiger partial charge >= 0.3 is 0 Å². The molecule has 0 aliphatic heterocycles. The van der Waals surface area contributed by atoms with E-state index in [-0.39, 0.29) is 11.9 Å². The fraction of sp³-hybridized carbons (Fsp3) is 0.118. The van der Waals surface area contributed by atoms with Crippen molar-refractivity contribution < 1.29 is 4.39 Å². The first-order valence-corrected chi connectivity index (χ1v) is 7.03. The number of rotatable bonds is 3. The van der Waals surface area contributed by atoms with Gasteiger partial charge in [-0.15, -0.1) is 0 Å². The molecule has 21 heavy (non-hydrogen) atoms. The highest BCUT2D eigenvalue weighted by Crippen LogP contribution is 2.32. The van der Waals surface area contributed by atoms with Crippen LogP contribution >= 0.6 is 11.6 Å². The summed E-state index contributed by atoms with van der Waals surface area (Å²) >= 11 is 6.21. The summed E-state index contributed by atoms with van der Waals surface area (Å²) in [5, 5.41) is 5.83. The first-order valence-electron chi connectivity index (χ1n) is 6.65. The van der Waals surface area contributed by atoms with Crippen LogP contribution in [0.25, 0.3) is 10.8 Å². The van der Waals surface area contributed by atoms with E-state index in [2.05, 4.69) is 10.3 Å². The molecular formula is C17H14ClFN2. The molecule has 4 heteroatoms. The molecule has 1 aromatic heterocycles. The van der Waals surface area contributed by atoms with Crippen LogP contribution < -0.4 is 5.32 Å². The fourth-order valence-electron chi connectivity index (χ4n) is 2.60. The van der Waals surface area contributed by atoms with Gasteiger partial charge in [-0.2, -0.15) is 0 Å². The zero-order valence-corrected chi connectivity index (χ0v) is 12.2. The molecule has 0 bridgehead atoms. The first kappa shape index (κ1) is 14.0. The van der Waals surface area contributed by atoms with E-state index in [9.17, 15) is 4.39 Å². The van der Waals surface area contributed by atoms with Crippen molar-refractivity contribution in [2.45, 2.75) is 6.04 Å². The predicted octanol–water partition coefficient (Wildman–Crippen LogP) is 4.34. The highest BCUT2D eigenvalue weighted by atomic mass is 35.5. The Labute approximate surface area is 127 Å². The van der Waals surface area contributed by atoms with Crippen LogP contribution in [0, 0.1) is 5.82 Å². The normalized spacial score (nSPS) is 12.5. The van der Waals surface area contributed by atoms with E-state index in [1.165, 1.54) is 12.1 Å². The van der Waals surface area contributed by atoms with Crippen molar-refractivity contribution in [2.75, 3.05) is 7.05 Å². The van der Waals surface area contributed by atoms with E-state index < -0.39 is 0 Å². The van der Waals surface area contributed by atoms with Gasteiger partial charge in [0.25, 0.3) is 0 Å². The topological polar surface area (TPSA) is 24.9 Å². The minimum Gasteiger partial charge on any atom is -0.309 e. The van der Waals surface area contributed by atoms with E-state index in [1.54, 1.807) is 12.3 Å². The second kappa shape index (κ2) is 5.80. The zero-order valence-electron chi connectivity index (χ0n) is 11.5. The Morgan fingerprint density at radius 3 is 2.76 bits per heavy atom. The molecule has 0 aliphatic carbocycles. The number of pyridine rings is 1. The Balaban J connectivity index is 2.18. The summed E-state index contributed by atoms with van der Waals surface area (Å²) in [6.07, 6.45) is 3.61. The number of nitrogens with one attached hydrogen (secondary N) is 1. The van der Waals surface area contributed by atoms with Crippen LogP contribution in [0.15, 0.2) is 54.9 Å². The third-order valence-corrected chi connectivity index (χ3v) is 3.92. The van der Waals surface area contributed by atoms with Crippen LogP contribution in [0.2, 0.25) is 5.02 Å². The minimum atomic E-state index is -0.335. The van der Waals surface area contributed by atoms with Crippen molar-refractivity contribution in [2.24, 2.45) is 0 Å². The minimum absolute atomic E-state index is 0.119. The number of hydrogen-bond donors (Lipinski definition) is 1. The molecule has 1 unspecified atom stereocenters. The van der Waals surface area contributed by atoms with Gasteiger partial charge in [0.05, 0.1) is 6.04 Å². The lowest BCUT2D eigenvalue weighted by atomic mass is 9.94. The molecule has 3 rings (SSSR count). The summed E-state index contributed by atoms with van der Waals surface area (Å²) in [7, 11) is 1.86. The van der Waals surface area contributed by atoms with E-state index in [0.717, 1.165) is 21.9 Å². The molecule has 1 heterocycles. The summed E-state index contributed by atoms with van der Waals surface area (Å²) in [6, 6.07) is 12.4. The van der Waals surface area contributed by atoms with Crippen LogP contribution in [0.1, 0.15) is 17.2 Å². The molecule has 0 saturated heterocycles. The SMILES string of the molecule is CNC(c1ccc(F)cc1Cl)c1cccc2ccncc12. The van der Waals surface area contributed by atoms with Crippen molar-refractivity contribution in [1.29, 1.82) is 0 Å². The van der Waals surface area contributed by atoms with E-state index in [4.69, 9.17) is 11.6 Å². The molecule has 2 aromatic carbocycles. The van der Waals surface area contributed by atoms with Crippen molar-refractivity contribution >= 4 is 22.4 Å². The van der Waals surface area contributed by atoms with Crippen molar-refractivity contribution in [1.82, 2.24) is 10.3 Å². The highest BCUT2D eigenvalue weighted by molar-refractivity contribution is 6.31. The van der Waals surface area contributed by atoms with E-state index in [1.807, 2.05) is 37.5 Å². The Morgan fingerprint density at radius 2 is 2.00 bits per heavy atom. The van der Waals surface area contributed by atoms with Gasteiger partial charge in [-0.3, -0.25) is 4.98 Å². The molecule has 3 aromatic rings. The second-order valence-corrected chi connectivity index (χ2v) is 5.24. The van der Waals surface area contributed by atoms with Crippen LogP contribution in [0.3, 0.4) is 0 Å². The Kier molecular flexibility index (Phi) is 3.86. The number of aromatic nitrogens is 1. The van der Waals surface area contributed by atoms with Gasteiger partial charge in [0, 0.05) is 22.8 Å². The third-order valence-electron chi connectivity index (χ3n) is 3.59. The smallest absolute Gasteiger partial charge is 0.124 e. The van der Waals surface area contributed by atoms with Crippen molar-refractivity contribution in [3.8, 4) is 0 Å². The Bertz CT molecular complexity index is 783. The maximum absolute atomic E-state index is 13.3. The highest BCUT2D eigenvalue weighted by Gasteiger charge is 2.17. The van der Waals surface area contributed by atoms with Gasteiger partial charge in [-0.1, -0.05) is 35.9 Å². The molecule has 1 atom stereocenters. The average Bonchev–Trinajstić information content (AvgIpc) is 2.50. The molecule has 0 spiro atoms. The molecule has 0 amide bonds. The van der Waals surface area contributed by atoms with Gasteiger partial charge in [0.1, 0.15) is 5.82 Å². The molecule has 0 aliphatic rings. The van der Waals surface area contributed by atoms with Crippen LogP contribution in [-0.4, -0.2) is 12.0 Å². The average molecular weight is 301 g/mol. The standard InChI is InChI=1S/C17H14ClFN2/c1-20-17(14-6-5-12(19)9-16(14)18)13-4-2-3-11-7-8-21-10-15(11)13/h2-10,17,20H,1H3. The predicted molar refractivity (Wildman–Crippen MR) is 84.1 cm³/mol. The van der Waals surface area contributed by atoms with Crippen molar-refractivity contribution in [3.63, 3.8) is 0 Å². The number of nitrogens with zero attached hydrogens (tertiary/aromatic N) is 1. The molecular weight excluding hydrogens is 287 g/mol. The molecule has 0 fully saturated rings. The molecule has 1 N–H and O–H groups in total. The number of fused-ring (bicyclic) bond motifs is 1. The number of halogens is 2. The summed E-state index contributed by atoms with van der Waals surface area (Å²) in [6.45, 7) is 0. The summed E-state index contributed by atoms with van der Waals surface area (Å²) < 4.78 is 13.3. The van der Waals surface area contributed by atoms with E-state index >= 15 is 0 Å². The summed E-state index contributed by atoms with van der Waals surface area (Å²) in [5.41, 5.74) is 1.91. The Hall–Kier alpha value is -1.97. The maximum Gasteiger partial charge on any atom is 0.124 e. The zero-order chi connectivity index (χ0) is 14.8. The second-order valence-electron chi connectivity index (χ2n) is 4.83. The Morgan fingerprint density at radius 1 is 1.14 bits per heavy atom. The van der Waals surface area contributed by atoms with Crippen LogP contribution in [0.4, 0.5) is 4.39 Å². The number of hydrogen-bond acceptors (Lipinski definition) is 2. The van der Waals surface area contributed by atoms with Crippen LogP contribution in [-0.2, 0) is 0 Å². The first-order chi connectivity index (χ1) is 10.2. The maximum atomic E-state index is 13.3. The largest absolute Gasteiger partial charge is 0.309 e. The van der Waals surface area contributed by atoms with E-state index in [0.29, 0.717) is 5.02 Å². The van der Waals surface area contributed by atoms with Gasteiger partial charge in [0.15, 0.2) is 0 Å². The summed E-state index contributed by atoms with van der Waals surface area (Å²) in [5.74, 6) is -0.335.